The van der Waals surface area contributed by atoms with Gasteiger partial charge in [-0.1, -0.05) is 13.0 Å². The van der Waals surface area contributed by atoms with Crippen molar-refractivity contribution < 1.29 is 14.3 Å². The number of nitrogens with one attached hydrogen (secondary N) is 1. The van der Waals surface area contributed by atoms with E-state index in [1.165, 1.54) is 0 Å². The van der Waals surface area contributed by atoms with Gasteiger partial charge in [-0.2, -0.15) is 0 Å². The van der Waals surface area contributed by atoms with E-state index in [2.05, 4.69) is 10.3 Å². The van der Waals surface area contributed by atoms with Crippen molar-refractivity contribution in [3.05, 3.63) is 40.3 Å². The molecule has 1 aliphatic heterocycles. The Balaban J connectivity index is 1.59. The minimum atomic E-state index is -0.0303. The van der Waals surface area contributed by atoms with Crippen LogP contribution in [-0.2, 0) is 24.3 Å². The van der Waals surface area contributed by atoms with E-state index in [1.54, 1.807) is 11.3 Å². The van der Waals surface area contributed by atoms with Crippen molar-refractivity contribution in [3.63, 3.8) is 0 Å². The summed E-state index contributed by atoms with van der Waals surface area (Å²) >= 11 is 1.63. The van der Waals surface area contributed by atoms with Crippen LogP contribution >= 0.6 is 11.3 Å². The minimum absolute atomic E-state index is 0.0303. The highest BCUT2D eigenvalue weighted by atomic mass is 32.1. The van der Waals surface area contributed by atoms with Gasteiger partial charge in [-0.05, 0) is 11.4 Å². The van der Waals surface area contributed by atoms with Gasteiger partial charge in [0.05, 0.1) is 17.6 Å². The summed E-state index contributed by atoms with van der Waals surface area (Å²) in [6.45, 7) is 3.91. The number of imidazole rings is 1. The highest BCUT2D eigenvalue weighted by molar-refractivity contribution is 7.09. The van der Waals surface area contributed by atoms with Crippen molar-refractivity contribution in [2.45, 2.75) is 26.4 Å². The van der Waals surface area contributed by atoms with Crippen molar-refractivity contribution in [3.8, 4) is 11.5 Å². The standard InChI is InChI=1S/C18H19N3O3S/c1-2-17-20-13-8-15-16(24-6-5-23-15)9-14(13)21(17)11-18(22)19-10-12-4-3-7-25-12/h3-4,7-9H,2,5-6,10-11H2,1H3,(H,19,22). The van der Waals surface area contributed by atoms with Gasteiger partial charge in [-0.3, -0.25) is 4.79 Å². The molecule has 1 aliphatic rings. The number of hydrogen-bond acceptors (Lipinski definition) is 5. The van der Waals surface area contributed by atoms with Crippen LogP contribution in [-0.4, -0.2) is 28.7 Å². The molecule has 4 rings (SSSR count). The predicted octanol–water partition coefficient (Wildman–Crippen LogP) is 2.75. The quantitative estimate of drug-likeness (QED) is 0.763. The Morgan fingerprint density at radius 3 is 2.84 bits per heavy atom. The molecule has 0 radical (unpaired) electrons. The zero-order valence-electron chi connectivity index (χ0n) is 13.9. The summed E-state index contributed by atoms with van der Waals surface area (Å²) in [6, 6.07) is 7.81. The summed E-state index contributed by atoms with van der Waals surface area (Å²) in [6.07, 6.45) is 0.749. The Kier molecular flexibility index (Phi) is 4.31. The molecule has 2 aromatic heterocycles. The maximum atomic E-state index is 12.4. The minimum Gasteiger partial charge on any atom is -0.486 e. The van der Waals surface area contributed by atoms with Gasteiger partial charge in [0.15, 0.2) is 11.5 Å². The molecule has 1 amide bonds. The Hall–Kier alpha value is -2.54. The molecule has 0 aliphatic carbocycles. The maximum absolute atomic E-state index is 12.4. The number of carbonyl (C=O) groups excluding carboxylic acids is 1. The van der Waals surface area contributed by atoms with E-state index in [-0.39, 0.29) is 12.5 Å². The third-order valence-electron chi connectivity index (χ3n) is 4.15. The van der Waals surface area contributed by atoms with Crippen LogP contribution in [0.5, 0.6) is 11.5 Å². The highest BCUT2D eigenvalue weighted by Crippen LogP contribution is 2.34. The number of benzene rings is 1. The number of aromatic nitrogens is 2. The van der Waals surface area contributed by atoms with E-state index in [0.29, 0.717) is 31.3 Å². The third-order valence-corrected chi connectivity index (χ3v) is 5.03. The second-order valence-electron chi connectivity index (χ2n) is 5.81. The zero-order chi connectivity index (χ0) is 17.2. The fourth-order valence-corrected chi connectivity index (χ4v) is 3.60. The van der Waals surface area contributed by atoms with Crippen LogP contribution in [0.4, 0.5) is 0 Å². The number of rotatable bonds is 5. The van der Waals surface area contributed by atoms with Crippen molar-refractivity contribution in [1.29, 1.82) is 0 Å². The molecule has 1 N–H and O–H groups in total. The lowest BCUT2D eigenvalue weighted by Gasteiger charge is -2.18. The summed E-state index contributed by atoms with van der Waals surface area (Å²) in [7, 11) is 0. The molecule has 0 unspecified atom stereocenters. The molecule has 25 heavy (non-hydrogen) atoms. The van der Waals surface area contributed by atoms with Crippen molar-refractivity contribution >= 4 is 28.3 Å². The lowest BCUT2D eigenvalue weighted by molar-refractivity contribution is -0.121. The van der Waals surface area contributed by atoms with Gasteiger partial charge in [0, 0.05) is 23.4 Å². The molecule has 0 saturated carbocycles. The van der Waals surface area contributed by atoms with Crippen molar-refractivity contribution in [1.82, 2.24) is 14.9 Å². The van der Waals surface area contributed by atoms with E-state index in [9.17, 15) is 4.79 Å². The first kappa shape index (κ1) is 16.0. The van der Waals surface area contributed by atoms with E-state index in [0.717, 1.165) is 28.2 Å². The lowest BCUT2D eigenvalue weighted by Crippen LogP contribution is -2.27. The Morgan fingerprint density at radius 2 is 2.12 bits per heavy atom. The molecule has 3 aromatic rings. The first-order valence-electron chi connectivity index (χ1n) is 8.32. The Bertz CT molecular complexity index is 902. The molecule has 130 valence electrons. The number of carbonyl (C=O) groups is 1. The number of hydrogen-bond donors (Lipinski definition) is 1. The number of aryl methyl sites for hydroxylation is 1. The molecule has 7 heteroatoms. The Labute approximate surface area is 149 Å². The molecule has 3 heterocycles. The van der Waals surface area contributed by atoms with Gasteiger partial charge in [-0.15, -0.1) is 11.3 Å². The molecule has 0 atom stereocenters. The van der Waals surface area contributed by atoms with Gasteiger partial charge in [0.1, 0.15) is 25.6 Å². The number of amides is 1. The zero-order valence-corrected chi connectivity index (χ0v) is 14.8. The molecule has 6 nitrogen and oxygen atoms in total. The smallest absolute Gasteiger partial charge is 0.240 e. The number of ether oxygens (including phenoxy) is 2. The Morgan fingerprint density at radius 1 is 1.32 bits per heavy atom. The van der Waals surface area contributed by atoms with E-state index >= 15 is 0 Å². The summed E-state index contributed by atoms with van der Waals surface area (Å²) in [5, 5.41) is 4.97. The SMILES string of the molecule is CCc1nc2cc3c(cc2n1CC(=O)NCc1cccs1)OCCO3. The number of nitrogens with zero attached hydrogens (tertiary/aromatic N) is 2. The second kappa shape index (κ2) is 6.76. The van der Waals surface area contributed by atoms with E-state index in [1.807, 2.05) is 41.1 Å². The van der Waals surface area contributed by atoms with Crippen LogP contribution in [0.25, 0.3) is 11.0 Å². The fourth-order valence-electron chi connectivity index (χ4n) is 2.96. The summed E-state index contributed by atoms with van der Waals surface area (Å²) in [4.78, 5) is 18.2. The van der Waals surface area contributed by atoms with Crippen LogP contribution in [0.2, 0.25) is 0 Å². The first-order chi connectivity index (χ1) is 12.2. The largest absolute Gasteiger partial charge is 0.486 e. The van der Waals surface area contributed by atoms with E-state index < -0.39 is 0 Å². The molecule has 1 aromatic carbocycles. The van der Waals surface area contributed by atoms with Crippen LogP contribution in [0.15, 0.2) is 29.6 Å². The molecule has 0 fully saturated rings. The van der Waals surface area contributed by atoms with Gasteiger partial charge < -0.3 is 19.4 Å². The molecule has 0 bridgehead atoms. The van der Waals surface area contributed by atoms with Crippen LogP contribution in [0.3, 0.4) is 0 Å². The first-order valence-corrected chi connectivity index (χ1v) is 9.20. The summed E-state index contributed by atoms with van der Waals surface area (Å²) < 4.78 is 13.2. The van der Waals surface area contributed by atoms with Crippen molar-refractivity contribution in [2.75, 3.05) is 13.2 Å². The van der Waals surface area contributed by atoms with Gasteiger partial charge >= 0.3 is 0 Å². The normalized spacial score (nSPS) is 13.2. The van der Waals surface area contributed by atoms with Crippen LogP contribution in [0, 0.1) is 0 Å². The average molecular weight is 357 g/mol. The topological polar surface area (TPSA) is 65.4 Å². The van der Waals surface area contributed by atoms with Crippen molar-refractivity contribution in [2.24, 2.45) is 0 Å². The summed E-state index contributed by atoms with van der Waals surface area (Å²) in [5.41, 5.74) is 1.72. The monoisotopic (exact) mass is 357 g/mol. The van der Waals surface area contributed by atoms with Gasteiger partial charge in [0.2, 0.25) is 5.91 Å². The number of thiophene rings is 1. The summed E-state index contributed by atoms with van der Waals surface area (Å²) in [5.74, 6) is 2.27. The number of fused-ring (bicyclic) bond motifs is 2. The third kappa shape index (κ3) is 3.19. The van der Waals surface area contributed by atoms with Gasteiger partial charge in [-0.25, -0.2) is 4.98 Å². The fraction of sp³-hybridized carbons (Fsp3) is 0.333. The van der Waals surface area contributed by atoms with E-state index in [4.69, 9.17) is 9.47 Å². The van der Waals surface area contributed by atoms with Gasteiger partial charge in [0.25, 0.3) is 0 Å². The second-order valence-corrected chi connectivity index (χ2v) is 6.84. The predicted molar refractivity (Wildman–Crippen MR) is 96.3 cm³/mol. The molecule has 0 spiro atoms. The van der Waals surface area contributed by atoms with Crippen LogP contribution < -0.4 is 14.8 Å². The average Bonchev–Trinajstić information content (AvgIpc) is 3.26. The molecular weight excluding hydrogens is 338 g/mol. The highest BCUT2D eigenvalue weighted by Gasteiger charge is 2.18. The molecule has 0 saturated heterocycles. The van der Waals surface area contributed by atoms with Crippen LogP contribution in [0.1, 0.15) is 17.6 Å². The maximum Gasteiger partial charge on any atom is 0.240 e. The molecular formula is C18H19N3O3S. The lowest BCUT2D eigenvalue weighted by atomic mass is 10.2.